The minimum atomic E-state index is 0.0498. The predicted octanol–water partition coefficient (Wildman–Crippen LogP) is 4.42. The molecule has 13 heavy (non-hydrogen) atoms. The van der Waals surface area contributed by atoms with E-state index in [1.165, 1.54) is 11.3 Å². The Morgan fingerprint density at radius 3 is 2.46 bits per heavy atom. The molecule has 0 bridgehead atoms. The maximum atomic E-state index is 11.6. The van der Waals surface area contributed by atoms with Gasteiger partial charge < -0.3 is 0 Å². The molecule has 0 radical (unpaired) electrons. The number of allylic oxidation sites excluding steroid dienone is 2. The van der Waals surface area contributed by atoms with Crippen molar-refractivity contribution in [2.24, 2.45) is 0 Å². The average molecular weight is 324 g/mol. The number of hydrogen-bond acceptors (Lipinski definition) is 2. The highest BCUT2D eigenvalue weighted by molar-refractivity contribution is 9.12. The first kappa shape index (κ1) is 11.1. The summed E-state index contributed by atoms with van der Waals surface area (Å²) in [7, 11) is 0. The average Bonchev–Trinajstić information content (AvgIpc) is 2.28. The number of thiophene rings is 1. The second-order valence-corrected chi connectivity index (χ2v) is 6.57. The van der Waals surface area contributed by atoms with Gasteiger partial charge in [0, 0.05) is 5.56 Å². The number of carbonyl (C=O) groups is 1. The molecule has 0 unspecified atom stereocenters. The van der Waals surface area contributed by atoms with Crippen LogP contribution in [0.4, 0.5) is 0 Å². The van der Waals surface area contributed by atoms with E-state index in [9.17, 15) is 4.79 Å². The molecule has 0 spiro atoms. The summed E-state index contributed by atoms with van der Waals surface area (Å²) in [5.41, 5.74) is 1.73. The van der Waals surface area contributed by atoms with E-state index in [0.29, 0.717) is 0 Å². The number of halogens is 2. The fourth-order valence-electron chi connectivity index (χ4n) is 0.848. The van der Waals surface area contributed by atoms with Crippen molar-refractivity contribution in [3.63, 3.8) is 0 Å². The molecule has 1 aromatic heterocycles. The molecular weight excluding hydrogens is 316 g/mol. The molecule has 1 aromatic rings. The Hall–Kier alpha value is 0.0700. The molecule has 1 rings (SSSR count). The standard InChI is InChI=1S/C9H8Br2OS/c1-5(2)3-7(12)6-4-8(10)13-9(6)11/h3-4H,1-2H3. The van der Waals surface area contributed by atoms with Crippen LogP contribution in [-0.4, -0.2) is 5.78 Å². The van der Waals surface area contributed by atoms with Crippen molar-refractivity contribution >= 4 is 49.0 Å². The normalized spacial score (nSPS) is 9.85. The Morgan fingerprint density at radius 2 is 2.08 bits per heavy atom. The van der Waals surface area contributed by atoms with E-state index in [4.69, 9.17) is 0 Å². The molecule has 0 saturated heterocycles. The summed E-state index contributed by atoms with van der Waals surface area (Å²) < 4.78 is 1.84. The fraction of sp³-hybridized carbons (Fsp3) is 0.222. The fourth-order valence-corrected chi connectivity index (χ4v) is 3.66. The van der Waals surface area contributed by atoms with Gasteiger partial charge in [0.2, 0.25) is 0 Å². The van der Waals surface area contributed by atoms with E-state index in [2.05, 4.69) is 31.9 Å². The largest absolute Gasteiger partial charge is 0.289 e. The summed E-state index contributed by atoms with van der Waals surface area (Å²) in [6.45, 7) is 3.82. The van der Waals surface area contributed by atoms with Crippen LogP contribution < -0.4 is 0 Å². The molecule has 0 N–H and O–H groups in total. The van der Waals surface area contributed by atoms with Gasteiger partial charge in [0.15, 0.2) is 5.78 Å². The molecule has 0 aliphatic carbocycles. The maximum Gasteiger partial charge on any atom is 0.187 e. The van der Waals surface area contributed by atoms with Crippen LogP contribution in [0.25, 0.3) is 0 Å². The van der Waals surface area contributed by atoms with E-state index in [1.807, 2.05) is 19.9 Å². The van der Waals surface area contributed by atoms with Gasteiger partial charge in [-0.25, -0.2) is 0 Å². The van der Waals surface area contributed by atoms with Crippen molar-refractivity contribution < 1.29 is 4.79 Å². The van der Waals surface area contributed by atoms with E-state index >= 15 is 0 Å². The lowest BCUT2D eigenvalue weighted by Crippen LogP contribution is -1.92. The summed E-state index contributed by atoms with van der Waals surface area (Å²) in [4.78, 5) is 11.6. The van der Waals surface area contributed by atoms with Gasteiger partial charge in [-0.15, -0.1) is 11.3 Å². The molecule has 1 heterocycles. The number of hydrogen-bond donors (Lipinski definition) is 0. The molecule has 0 saturated carbocycles. The van der Waals surface area contributed by atoms with Crippen molar-refractivity contribution in [2.75, 3.05) is 0 Å². The van der Waals surface area contributed by atoms with Gasteiger partial charge in [-0.05, 0) is 57.8 Å². The van der Waals surface area contributed by atoms with Crippen LogP contribution in [-0.2, 0) is 0 Å². The maximum absolute atomic E-state index is 11.6. The molecule has 0 fully saturated rings. The molecule has 1 nitrogen and oxygen atoms in total. The van der Waals surface area contributed by atoms with Gasteiger partial charge >= 0.3 is 0 Å². The first-order chi connectivity index (χ1) is 6.00. The van der Waals surface area contributed by atoms with Crippen molar-refractivity contribution in [1.29, 1.82) is 0 Å². The van der Waals surface area contributed by atoms with Gasteiger partial charge in [-0.2, -0.15) is 0 Å². The molecule has 0 atom stereocenters. The van der Waals surface area contributed by atoms with Gasteiger partial charge in [-0.3, -0.25) is 4.79 Å². The van der Waals surface area contributed by atoms with Crippen molar-refractivity contribution in [3.8, 4) is 0 Å². The number of rotatable bonds is 2. The topological polar surface area (TPSA) is 17.1 Å². The van der Waals surface area contributed by atoms with Crippen LogP contribution in [0.15, 0.2) is 25.3 Å². The predicted molar refractivity (Wildman–Crippen MR) is 63.5 cm³/mol. The van der Waals surface area contributed by atoms with E-state index in [0.717, 1.165) is 18.7 Å². The Balaban J connectivity index is 3.02. The summed E-state index contributed by atoms with van der Waals surface area (Å²) in [6.07, 6.45) is 1.64. The first-order valence-corrected chi connectivity index (χ1v) is 6.05. The SMILES string of the molecule is CC(C)=CC(=O)c1cc(Br)sc1Br. The zero-order valence-corrected chi connectivity index (χ0v) is 11.2. The lowest BCUT2D eigenvalue weighted by molar-refractivity contribution is 0.104. The lowest BCUT2D eigenvalue weighted by atomic mass is 10.2. The van der Waals surface area contributed by atoms with Crippen LogP contribution in [0.1, 0.15) is 24.2 Å². The summed E-state index contributed by atoms with van der Waals surface area (Å²) in [5.74, 6) is 0.0498. The smallest absolute Gasteiger partial charge is 0.187 e. The summed E-state index contributed by atoms with van der Waals surface area (Å²) in [6, 6.07) is 1.83. The Kier molecular flexibility index (Phi) is 3.88. The molecule has 0 aliphatic rings. The zero-order valence-electron chi connectivity index (χ0n) is 7.23. The number of carbonyl (C=O) groups excluding carboxylic acids is 1. The van der Waals surface area contributed by atoms with Crippen LogP contribution in [0, 0.1) is 0 Å². The van der Waals surface area contributed by atoms with Crippen LogP contribution >= 0.6 is 43.2 Å². The Labute approximate surface area is 98.1 Å². The van der Waals surface area contributed by atoms with Gasteiger partial charge in [0.1, 0.15) is 0 Å². The third kappa shape index (κ3) is 3.04. The van der Waals surface area contributed by atoms with Gasteiger partial charge in [0.25, 0.3) is 0 Å². The number of ketones is 1. The molecule has 0 aliphatic heterocycles. The third-order valence-corrected chi connectivity index (χ3v) is 3.68. The van der Waals surface area contributed by atoms with Crippen molar-refractivity contribution in [1.82, 2.24) is 0 Å². The van der Waals surface area contributed by atoms with Crippen LogP contribution in [0.2, 0.25) is 0 Å². The highest BCUT2D eigenvalue weighted by Gasteiger charge is 2.10. The van der Waals surface area contributed by atoms with Crippen LogP contribution in [0.5, 0.6) is 0 Å². The Bertz CT molecular complexity index is 362. The quantitative estimate of drug-likeness (QED) is 0.581. The monoisotopic (exact) mass is 322 g/mol. The highest BCUT2D eigenvalue weighted by atomic mass is 79.9. The van der Waals surface area contributed by atoms with E-state index in [-0.39, 0.29) is 5.78 Å². The lowest BCUT2D eigenvalue weighted by Gasteiger charge is -1.92. The molecule has 0 amide bonds. The second-order valence-electron chi connectivity index (χ2n) is 2.82. The summed E-state index contributed by atoms with van der Waals surface area (Å²) >= 11 is 8.19. The molecule has 70 valence electrons. The summed E-state index contributed by atoms with van der Waals surface area (Å²) in [5, 5.41) is 0. The van der Waals surface area contributed by atoms with Crippen molar-refractivity contribution in [2.45, 2.75) is 13.8 Å². The van der Waals surface area contributed by atoms with E-state index in [1.54, 1.807) is 6.08 Å². The highest BCUT2D eigenvalue weighted by Crippen LogP contribution is 2.32. The first-order valence-electron chi connectivity index (χ1n) is 3.65. The third-order valence-electron chi connectivity index (χ3n) is 1.34. The second kappa shape index (κ2) is 4.53. The van der Waals surface area contributed by atoms with Crippen molar-refractivity contribution in [3.05, 3.63) is 30.9 Å². The van der Waals surface area contributed by atoms with E-state index < -0.39 is 0 Å². The zero-order chi connectivity index (χ0) is 10.0. The van der Waals surface area contributed by atoms with Gasteiger partial charge in [-0.1, -0.05) is 5.57 Å². The minimum Gasteiger partial charge on any atom is -0.289 e. The molecule has 4 heteroatoms. The molecular formula is C9H8Br2OS. The van der Waals surface area contributed by atoms with Gasteiger partial charge in [0.05, 0.1) is 7.57 Å². The Morgan fingerprint density at radius 1 is 1.46 bits per heavy atom. The minimum absolute atomic E-state index is 0.0498. The van der Waals surface area contributed by atoms with Crippen LogP contribution in [0.3, 0.4) is 0 Å². The molecule has 0 aromatic carbocycles.